The average molecular weight is 458 g/mol. The van der Waals surface area contributed by atoms with Crippen molar-refractivity contribution < 1.29 is 19.0 Å². The predicted molar refractivity (Wildman–Crippen MR) is 126 cm³/mol. The number of phenolic OH excluding ortho intramolecular Hbond substituents is 1. The quantitative estimate of drug-likeness (QED) is 0.426. The second-order valence-corrected chi connectivity index (χ2v) is 8.43. The largest absolute Gasteiger partial charge is 0.507 e. The number of nitrogens with one attached hydrogen (secondary N) is 1. The number of aromatic amines is 1. The molecule has 0 aliphatic carbocycles. The summed E-state index contributed by atoms with van der Waals surface area (Å²) in [7, 11) is 1.62. The van der Waals surface area contributed by atoms with E-state index in [9.17, 15) is 14.3 Å². The molecule has 1 aromatic heterocycles. The maximum Gasteiger partial charge on any atom is 0.273 e. The Bertz CT molecular complexity index is 1350. The van der Waals surface area contributed by atoms with Crippen LogP contribution in [0.2, 0.25) is 0 Å². The third-order valence-corrected chi connectivity index (χ3v) is 6.27. The molecule has 1 aliphatic rings. The van der Waals surface area contributed by atoms with Crippen LogP contribution in [0.1, 0.15) is 38.8 Å². The molecule has 0 fully saturated rings. The van der Waals surface area contributed by atoms with Crippen molar-refractivity contribution in [3.63, 3.8) is 0 Å². The number of nitrogens with zero attached hydrogens (tertiary/aromatic N) is 2. The van der Waals surface area contributed by atoms with Crippen LogP contribution in [0.15, 0.2) is 66.7 Å². The molecule has 1 amide bonds. The summed E-state index contributed by atoms with van der Waals surface area (Å²) in [5, 5.41) is 17.6. The number of carbonyl (C=O) groups excluding carboxylic acids is 1. The van der Waals surface area contributed by atoms with Gasteiger partial charge in [-0.25, -0.2) is 4.39 Å². The zero-order chi connectivity index (χ0) is 23.8. The van der Waals surface area contributed by atoms with Crippen molar-refractivity contribution in [3.8, 4) is 22.8 Å². The molecule has 0 spiro atoms. The zero-order valence-corrected chi connectivity index (χ0v) is 18.9. The van der Waals surface area contributed by atoms with Crippen molar-refractivity contribution in [2.45, 2.75) is 19.4 Å². The molecular formula is C27H24FN3O3. The molecule has 172 valence electrons. The average Bonchev–Trinajstić information content (AvgIpc) is 3.39. The Labute approximate surface area is 196 Å². The lowest BCUT2D eigenvalue weighted by Crippen LogP contribution is -2.31. The third kappa shape index (κ3) is 3.79. The van der Waals surface area contributed by atoms with E-state index in [4.69, 9.17) is 4.74 Å². The van der Waals surface area contributed by atoms with Crippen molar-refractivity contribution in [2.24, 2.45) is 0 Å². The number of carbonyl (C=O) groups is 1. The SMILES string of the molecule is COc1ccc(CCN2C(=O)c3[nH]nc(-c4cc(F)ccc4O)c3[C@@H]2c2ccc(C)cc2)cc1. The van der Waals surface area contributed by atoms with Crippen LogP contribution in [0.3, 0.4) is 0 Å². The number of amides is 1. The summed E-state index contributed by atoms with van der Waals surface area (Å²) in [6.07, 6.45) is 0.649. The maximum atomic E-state index is 14.0. The van der Waals surface area contributed by atoms with Crippen molar-refractivity contribution in [3.05, 3.63) is 100 Å². The molecule has 0 saturated heterocycles. The van der Waals surface area contributed by atoms with Crippen LogP contribution in [0.25, 0.3) is 11.3 Å². The summed E-state index contributed by atoms with van der Waals surface area (Å²) < 4.78 is 19.3. The van der Waals surface area contributed by atoms with E-state index in [0.29, 0.717) is 29.9 Å². The monoisotopic (exact) mass is 457 g/mol. The second kappa shape index (κ2) is 8.67. The van der Waals surface area contributed by atoms with Gasteiger partial charge >= 0.3 is 0 Å². The van der Waals surface area contributed by atoms with Gasteiger partial charge in [-0.15, -0.1) is 0 Å². The van der Waals surface area contributed by atoms with Gasteiger partial charge in [-0.3, -0.25) is 9.89 Å². The predicted octanol–water partition coefficient (Wildman–Crippen LogP) is 5.03. The Morgan fingerprint density at radius 1 is 1.09 bits per heavy atom. The molecule has 3 aromatic carbocycles. The highest BCUT2D eigenvalue weighted by molar-refractivity contribution is 6.00. The molecule has 0 unspecified atom stereocenters. The number of benzene rings is 3. The fourth-order valence-corrected chi connectivity index (χ4v) is 4.47. The lowest BCUT2D eigenvalue weighted by Gasteiger charge is -2.26. The molecular weight excluding hydrogens is 433 g/mol. The fraction of sp³-hybridized carbons (Fsp3) is 0.185. The Morgan fingerprint density at radius 3 is 2.53 bits per heavy atom. The maximum absolute atomic E-state index is 14.0. The molecule has 0 bridgehead atoms. The fourth-order valence-electron chi connectivity index (χ4n) is 4.47. The number of hydrogen-bond donors (Lipinski definition) is 2. The number of aromatic hydroxyl groups is 1. The number of fused-ring (bicyclic) bond motifs is 1. The standard InChI is InChI=1S/C27H24FN3O3/c1-16-3-7-18(8-4-16)26-23-24(21-15-19(28)9-12-22(21)32)29-30-25(23)27(33)31(26)14-13-17-5-10-20(34-2)11-6-17/h3-12,15,26,32H,13-14H2,1-2H3,(H,29,30)/t26-/m0/s1. The number of H-pyrrole nitrogens is 1. The van der Waals surface area contributed by atoms with Crippen molar-refractivity contribution in [2.75, 3.05) is 13.7 Å². The normalized spacial score (nSPS) is 15.0. The Kier molecular flexibility index (Phi) is 5.53. The van der Waals surface area contributed by atoms with Crippen LogP contribution in [-0.2, 0) is 6.42 Å². The van der Waals surface area contributed by atoms with E-state index in [1.807, 2.05) is 55.5 Å². The van der Waals surface area contributed by atoms with Gasteiger partial charge < -0.3 is 14.7 Å². The van der Waals surface area contributed by atoms with Gasteiger partial charge in [0.1, 0.15) is 28.7 Å². The highest BCUT2D eigenvalue weighted by atomic mass is 19.1. The van der Waals surface area contributed by atoms with E-state index in [1.54, 1.807) is 12.0 Å². The summed E-state index contributed by atoms with van der Waals surface area (Å²) in [5.41, 5.74) is 4.73. The molecule has 2 N–H and O–H groups in total. The molecule has 34 heavy (non-hydrogen) atoms. The van der Waals surface area contributed by atoms with E-state index in [-0.39, 0.29) is 17.2 Å². The summed E-state index contributed by atoms with van der Waals surface area (Å²) >= 11 is 0. The van der Waals surface area contributed by atoms with E-state index < -0.39 is 11.9 Å². The van der Waals surface area contributed by atoms with Crippen LogP contribution in [0.4, 0.5) is 4.39 Å². The first-order chi connectivity index (χ1) is 16.5. The third-order valence-electron chi connectivity index (χ3n) is 6.27. The topological polar surface area (TPSA) is 78.5 Å². The molecule has 0 radical (unpaired) electrons. The van der Waals surface area contributed by atoms with Crippen LogP contribution in [-0.4, -0.2) is 39.8 Å². The smallest absolute Gasteiger partial charge is 0.273 e. The Balaban J connectivity index is 1.56. The number of methoxy groups -OCH3 is 1. The number of rotatable bonds is 6. The Morgan fingerprint density at radius 2 is 1.82 bits per heavy atom. The number of aryl methyl sites for hydroxylation is 1. The van der Waals surface area contributed by atoms with Crippen LogP contribution >= 0.6 is 0 Å². The van der Waals surface area contributed by atoms with Crippen molar-refractivity contribution >= 4 is 5.91 Å². The van der Waals surface area contributed by atoms with E-state index in [2.05, 4.69) is 10.2 Å². The molecule has 4 aromatic rings. The minimum atomic E-state index is -0.489. The van der Waals surface area contributed by atoms with Gasteiger partial charge in [-0.1, -0.05) is 42.0 Å². The van der Waals surface area contributed by atoms with Crippen molar-refractivity contribution in [1.82, 2.24) is 15.1 Å². The van der Waals surface area contributed by atoms with Crippen LogP contribution in [0, 0.1) is 12.7 Å². The second-order valence-electron chi connectivity index (χ2n) is 8.43. The highest BCUT2D eigenvalue weighted by Gasteiger charge is 2.42. The van der Waals surface area contributed by atoms with Gasteiger partial charge in [0.05, 0.1) is 13.2 Å². The number of hydrogen-bond acceptors (Lipinski definition) is 4. The molecule has 6 nitrogen and oxygen atoms in total. The summed E-state index contributed by atoms with van der Waals surface area (Å²) in [5.74, 6) is 0.0162. The van der Waals surface area contributed by atoms with Gasteiger partial charge in [0.25, 0.3) is 5.91 Å². The molecule has 1 atom stereocenters. The zero-order valence-electron chi connectivity index (χ0n) is 18.9. The summed E-state index contributed by atoms with van der Waals surface area (Å²) in [6, 6.07) is 19.1. The van der Waals surface area contributed by atoms with E-state index in [0.717, 1.165) is 22.4 Å². The first kappa shape index (κ1) is 21.7. The van der Waals surface area contributed by atoms with Gasteiger partial charge in [0, 0.05) is 17.7 Å². The molecule has 5 rings (SSSR count). The molecule has 2 heterocycles. The van der Waals surface area contributed by atoms with E-state index in [1.165, 1.54) is 18.2 Å². The number of ether oxygens (including phenoxy) is 1. The van der Waals surface area contributed by atoms with Gasteiger partial charge in [-0.2, -0.15) is 5.10 Å². The summed E-state index contributed by atoms with van der Waals surface area (Å²) in [6.45, 7) is 2.48. The number of phenols is 1. The van der Waals surface area contributed by atoms with Crippen LogP contribution < -0.4 is 4.74 Å². The van der Waals surface area contributed by atoms with Crippen LogP contribution in [0.5, 0.6) is 11.5 Å². The van der Waals surface area contributed by atoms with E-state index >= 15 is 0 Å². The minimum Gasteiger partial charge on any atom is -0.507 e. The highest BCUT2D eigenvalue weighted by Crippen LogP contribution is 2.44. The minimum absolute atomic E-state index is 0.0949. The lowest BCUT2D eigenvalue weighted by atomic mass is 9.95. The summed E-state index contributed by atoms with van der Waals surface area (Å²) in [4.78, 5) is 15.3. The van der Waals surface area contributed by atoms with Gasteiger partial charge in [0.2, 0.25) is 0 Å². The number of aromatic nitrogens is 2. The van der Waals surface area contributed by atoms with Crippen molar-refractivity contribution in [1.29, 1.82) is 0 Å². The molecule has 0 saturated carbocycles. The molecule has 1 aliphatic heterocycles. The first-order valence-corrected chi connectivity index (χ1v) is 11.0. The Hall–Kier alpha value is -4.13. The number of halogens is 1. The lowest BCUT2D eigenvalue weighted by molar-refractivity contribution is 0.0746. The molecule has 7 heteroatoms. The first-order valence-electron chi connectivity index (χ1n) is 11.0. The van der Waals surface area contributed by atoms with Gasteiger partial charge in [-0.05, 0) is 54.8 Å². The van der Waals surface area contributed by atoms with Gasteiger partial charge in [0.15, 0.2) is 0 Å².